The molecule has 1 saturated heterocycles. The van der Waals surface area contributed by atoms with Crippen LogP contribution in [0.25, 0.3) is 0 Å². The number of nitrogens with one attached hydrogen (secondary N) is 1. The van der Waals surface area contributed by atoms with Gasteiger partial charge in [0.15, 0.2) is 11.6 Å². The number of piperidine rings is 1. The van der Waals surface area contributed by atoms with Crippen molar-refractivity contribution in [2.75, 3.05) is 13.7 Å². The summed E-state index contributed by atoms with van der Waals surface area (Å²) in [6, 6.07) is 5.71. The number of hydrogen-bond donors (Lipinski definition) is 1. The van der Waals surface area contributed by atoms with E-state index in [9.17, 15) is 4.39 Å². The zero-order chi connectivity index (χ0) is 12.3. The first kappa shape index (κ1) is 12.4. The quantitative estimate of drug-likeness (QED) is 0.872. The van der Waals surface area contributed by atoms with Gasteiger partial charge in [0.05, 0.1) is 7.11 Å². The highest BCUT2D eigenvalue weighted by Crippen LogP contribution is 2.22. The summed E-state index contributed by atoms with van der Waals surface area (Å²) in [5.41, 5.74) is 1.04. The zero-order valence-corrected chi connectivity index (χ0v) is 10.5. The monoisotopic (exact) mass is 237 g/mol. The summed E-state index contributed by atoms with van der Waals surface area (Å²) in [5, 5.41) is 3.51. The van der Waals surface area contributed by atoms with E-state index >= 15 is 0 Å². The normalized spacial score (nSPS) is 24.6. The second-order valence-electron chi connectivity index (χ2n) is 4.85. The molecule has 0 aromatic heterocycles. The fourth-order valence-corrected chi connectivity index (χ4v) is 2.48. The lowest BCUT2D eigenvalue weighted by molar-refractivity contribution is 0.298. The summed E-state index contributed by atoms with van der Waals surface area (Å²) in [7, 11) is 1.49. The highest BCUT2D eigenvalue weighted by atomic mass is 19.1. The van der Waals surface area contributed by atoms with Gasteiger partial charge in [-0.25, -0.2) is 4.39 Å². The van der Waals surface area contributed by atoms with Gasteiger partial charge in [0.25, 0.3) is 0 Å². The van der Waals surface area contributed by atoms with Crippen LogP contribution in [0.15, 0.2) is 18.2 Å². The minimum Gasteiger partial charge on any atom is -0.494 e. The van der Waals surface area contributed by atoms with Gasteiger partial charge in [-0.05, 0) is 49.4 Å². The second-order valence-corrected chi connectivity index (χ2v) is 4.85. The molecule has 1 aliphatic rings. The first-order chi connectivity index (χ1) is 8.20. The van der Waals surface area contributed by atoms with E-state index in [1.165, 1.54) is 20.0 Å². The second kappa shape index (κ2) is 5.50. The van der Waals surface area contributed by atoms with Crippen molar-refractivity contribution >= 4 is 0 Å². The molecule has 2 atom stereocenters. The molecule has 0 aliphatic carbocycles. The molecular weight excluding hydrogens is 217 g/mol. The third kappa shape index (κ3) is 2.97. The van der Waals surface area contributed by atoms with Crippen LogP contribution in [-0.2, 0) is 6.42 Å². The zero-order valence-electron chi connectivity index (χ0n) is 10.5. The van der Waals surface area contributed by atoms with Gasteiger partial charge in [-0.3, -0.25) is 0 Å². The van der Waals surface area contributed by atoms with Crippen LogP contribution in [0.1, 0.15) is 25.3 Å². The molecule has 17 heavy (non-hydrogen) atoms. The van der Waals surface area contributed by atoms with Gasteiger partial charge >= 0.3 is 0 Å². The number of methoxy groups -OCH3 is 1. The Kier molecular flexibility index (Phi) is 4.00. The Bertz CT molecular complexity index is 380. The summed E-state index contributed by atoms with van der Waals surface area (Å²) in [6.45, 7) is 3.34. The van der Waals surface area contributed by atoms with Gasteiger partial charge < -0.3 is 10.1 Å². The third-order valence-electron chi connectivity index (χ3n) is 3.60. The summed E-state index contributed by atoms with van der Waals surface area (Å²) in [4.78, 5) is 0. The average molecular weight is 237 g/mol. The molecule has 94 valence electrons. The summed E-state index contributed by atoms with van der Waals surface area (Å²) in [6.07, 6.45) is 3.40. The molecule has 1 heterocycles. The van der Waals surface area contributed by atoms with Crippen LogP contribution in [0.3, 0.4) is 0 Å². The molecule has 1 aromatic rings. The third-order valence-corrected chi connectivity index (χ3v) is 3.60. The van der Waals surface area contributed by atoms with Crippen LogP contribution in [0.5, 0.6) is 5.75 Å². The van der Waals surface area contributed by atoms with Gasteiger partial charge in [0.1, 0.15) is 0 Å². The van der Waals surface area contributed by atoms with E-state index in [-0.39, 0.29) is 5.82 Å². The van der Waals surface area contributed by atoms with Gasteiger partial charge in [0.2, 0.25) is 0 Å². The molecule has 0 radical (unpaired) electrons. The molecule has 0 bridgehead atoms. The molecule has 2 nitrogen and oxygen atoms in total. The van der Waals surface area contributed by atoms with Crippen LogP contribution >= 0.6 is 0 Å². The van der Waals surface area contributed by atoms with Gasteiger partial charge in [0, 0.05) is 6.04 Å². The molecule has 3 heteroatoms. The lowest BCUT2D eigenvalue weighted by Crippen LogP contribution is -2.41. The fraction of sp³-hybridized carbons (Fsp3) is 0.571. The van der Waals surface area contributed by atoms with E-state index in [1.807, 2.05) is 6.07 Å². The van der Waals surface area contributed by atoms with Crippen molar-refractivity contribution in [1.82, 2.24) is 5.32 Å². The predicted molar refractivity (Wildman–Crippen MR) is 66.8 cm³/mol. The van der Waals surface area contributed by atoms with E-state index in [0.717, 1.165) is 18.5 Å². The first-order valence-corrected chi connectivity index (χ1v) is 6.26. The summed E-state index contributed by atoms with van der Waals surface area (Å²) >= 11 is 0. The van der Waals surface area contributed by atoms with Crippen LogP contribution in [0, 0.1) is 11.7 Å². The molecule has 0 spiro atoms. The van der Waals surface area contributed by atoms with Crippen molar-refractivity contribution in [2.24, 2.45) is 5.92 Å². The number of benzene rings is 1. The van der Waals surface area contributed by atoms with Gasteiger partial charge in [-0.1, -0.05) is 13.0 Å². The SMILES string of the molecule is COc1ccc(CC2NCCCC2C)cc1F. The van der Waals surface area contributed by atoms with E-state index in [4.69, 9.17) is 4.74 Å². The van der Waals surface area contributed by atoms with E-state index in [1.54, 1.807) is 12.1 Å². The summed E-state index contributed by atoms with van der Waals surface area (Å²) < 4.78 is 18.5. The average Bonchev–Trinajstić information content (AvgIpc) is 2.32. The van der Waals surface area contributed by atoms with Crippen molar-refractivity contribution in [3.63, 3.8) is 0 Å². The molecule has 1 fully saturated rings. The Morgan fingerprint density at radius 2 is 2.29 bits per heavy atom. The van der Waals surface area contributed by atoms with Crippen LogP contribution in [0.4, 0.5) is 4.39 Å². The smallest absolute Gasteiger partial charge is 0.165 e. The summed E-state index contributed by atoms with van der Waals surface area (Å²) in [5.74, 6) is 0.709. The van der Waals surface area contributed by atoms with Crippen molar-refractivity contribution < 1.29 is 9.13 Å². The maximum atomic E-state index is 13.6. The number of rotatable bonds is 3. The van der Waals surface area contributed by atoms with E-state index < -0.39 is 0 Å². The van der Waals surface area contributed by atoms with Crippen molar-refractivity contribution in [1.29, 1.82) is 0 Å². The largest absolute Gasteiger partial charge is 0.494 e. The van der Waals surface area contributed by atoms with E-state index in [0.29, 0.717) is 17.7 Å². The highest BCUT2D eigenvalue weighted by Gasteiger charge is 2.21. The minimum atomic E-state index is -0.270. The Morgan fingerprint density at radius 1 is 1.47 bits per heavy atom. The number of hydrogen-bond acceptors (Lipinski definition) is 2. The van der Waals surface area contributed by atoms with E-state index in [2.05, 4.69) is 12.2 Å². The molecule has 0 saturated carbocycles. The van der Waals surface area contributed by atoms with Crippen LogP contribution in [0.2, 0.25) is 0 Å². The minimum absolute atomic E-state index is 0.270. The number of ether oxygens (including phenoxy) is 1. The Hall–Kier alpha value is -1.09. The van der Waals surface area contributed by atoms with Crippen LogP contribution in [-0.4, -0.2) is 19.7 Å². The topological polar surface area (TPSA) is 21.3 Å². The molecule has 2 unspecified atom stereocenters. The first-order valence-electron chi connectivity index (χ1n) is 6.26. The van der Waals surface area contributed by atoms with Gasteiger partial charge in [-0.2, -0.15) is 0 Å². The Morgan fingerprint density at radius 3 is 2.94 bits per heavy atom. The standard InChI is InChI=1S/C14H20FNO/c1-10-4-3-7-16-13(10)9-11-5-6-14(17-2)12(15)8-11/h5-6,8,10,13,16H,3-4,7,9H2,1-2H3. The lowest BCUT2D eigenvalue weighted by Gasteiger charge is -2.30. The fourth-order valence-electron chi connectivity index (χ4n) is 2.48. The van der Waals surface area contributed by atoms with Crippen LogP contribution < -0.4 is 10.1 Å². The number of halogens is 1. The Labute approximate surface area is 102 Å². The van der Waals surface area contributed by atoms with Crippen molar-refractivity contribution in [3.05, 3.63) is 29.6 Å². The van der Waals surface area contributed by atoms with Crippen molar-refractivity contribution in [3.8, 4) is 5.75 Å². The Balaban J connectivity index is 2.05. The van der Waals surface area contributed by atoms with Crippen molar-refractivity contribution in [2.45, 2.75) is 32.2 Å². The maximum Gasteiger partial charge on any atom is 0.165 e. The van der Waals surface area contributed by atoms with Gasteiger partial charge in [-0.15, -0.1) is 0 Å². The predicted octanol–water partition coefficient (Wildman–Crippen LogP) is 2.76. The maximum absolute atomic E-state index is 13.6. The molecule has 1 N–H and O–H groups in total. The molecular formula is C14H20FNO. The molecule has 0 amide bonds. The molecule has 1 aliphatic heterocycles. The molecule has 1 aromatic carbocycles. The molecule has 2 rings (SSSR count). The lowest BCUT2D eigenvalue weighted by atomic mass is 9.88. The highest BCUT2D eigenvalue weighted by molar-refractivity contribution is 5.29.